The van der Waals surface area contributed by atoms with Gasteiger partial charge in [-0.1, -0.05) is 53.2 Å². The third-order valence-corrected chi connectivity index (χ3v) is 6.98. The highest BCUT2D eigenvalue weighted by Crippen LogP contribution is 2.25. The van der Waals surface area contributed by atoms with Gasteiger partial charge in [0.2, 0.25) is 5.91 Å². The number of fused-ring (bicyclic) bond motifs is 1. The molecule has 0 spiro atoms. The topological polar surface area (TPSA) is 96.8 Å². The van der Waals surface area contributed by atoms with Crippen LogP contribution in [0, 0.1) is 20.8 Å². The van der Waals surface area contributed by atoms with Crippen molar-refractivity contribution in [1.82, 2.24) is 29.9 Å². The molecule has 1 saturated heterocycles. The van der Waals surface area contributed by atoms with Crippen LogP contribution in [0.25, 0.3) is 11.2 Å². The second-order valence-corrected chi connectivity index (χ2v) is 9.58. The van der Waals surface area contributed by atoms with E-state index in [-0.39, 0.29) is 22.9 Å². The van der Waals surface area contributed by atoms with E-state index in [0.29, 0.717) is 31.0 Å². The van der Waals surface area contributed by atoms with Crippen molar-refractivity contribution in [2.24, 2.45) is 0 Å². The number of nitrogens with one attached hydrogen (secondary N) is 1. The number of carbonyl (C=O) groups excluding carboxylic acids is 1. The zero-order valence-electron chi connectivity index (χ0n) is 20.4. The van der Waals surface area contributed by atoms with E-state index in [9.17, 15) is 9.59 Å². The summed E-state index contributed by atoms with van der Waals surface area (Å²) in [5.41, 5.74) is 6.03. The summed E-state index contributed by atoms with van der Waals surface area (Å²) < 4.78 is 1.69. The van der Waals surface area contributed by atoms with Crippen LogP contribution in [0.1, 0.15) is 52.4 Å². The zero-order chi connectivity index (χ0) is 24.5. The number of amides is 1. The van der Waals surface area contributed by atoms with Crippen molar-refractivity contribution in [2.75, 3.05) is 13.1 Å². The van der Waals surface area contributed by atoms with E-state index in [0.717, 1.165) is 41.6 Å². The van der Waals surface area contributed by atoms with E-state index in [1.807, 2.05) is 36.1 Å². The lowest BCUT2D eigenvalue weighted by Crippen LogP contribution is -2.40. The highest BCUT2D eigenvalue weighted by Gasteiger charge is 2.27. The van der Waals surface area contributed by atoms with Crippen LogP contribution in [0.15, 0.2) is 47.3 Å². The standard InChI is InChI=1S/C27H30N6O2/c1-17-10-11-19(3)22(13-17)16-33-26-24(30-31-33)27(35)29-25(28-26)21-9-6-12-32(15-21)23(34)14-20-8-5-4-7-18(20)2/h4-5,7-8,10-11,13,21H,6,9,12,14-16H2,1-3H3,(H,28,29,35). The number of aryl methyl sites for hydroxylation is 3. The number of aromatic nitrogens is 5. The number of piperidine rings is 1. The predicted molar refractivity (Wildman–Crippen MR) is 134 cm³/mol. The Morgan fingerprint density at radius 1 is 1.09 bits per heavy atom. The molecule has 35 heavy (non-hydrogen) atoms. The number of likely N-dealkylation sites (tertiary alicyclic amines) is 1. The maximum absolute atomic E-state index is 13.1. The third kappa shape index (κ3) is 4.73. The number of hydrogen-bond donors (Lipinski definition) is 1. The van der Waals surface area contributed by atoms with Crippen molar-refractivity contribution in [3.05, 3.63) is 86.5 Å². The lowest BCUT2D eigenvalue weighted by atomic mass is 9.96. The molecule has 1 aliphatic heterocycles. The van der Waals surface area contributed by atoms with Crippen molar-refractivity contribution < 1.29 is 4.79 Å². The molecule has 1 aliphatic rings. The summed E-state index contributed by atoms with van der Waals surface area (Å²) in [7, 11) is 0. The minimum Gasteiger partial charge on any atom is -0.342 e. The van der Waals surface area contributed by atoms with E-state index in [1.165, 1.54) is 5.56 Å². The lowest BCUT2D eigenvalue weighted by molar-refractivity contribution is -0.131. The molecule has 4 aromatic rings. The number of aromatic amines is 1. The van der Waals surface area contributed by atoms with Gasteiger partial charge in [0.15, 0.2) is 11.2 Å². The summed E-state index contributed by atoms with van der Waals surface area (Å²) in [5.74, 6) is 0.667. The van der Waals surface area contributed by atoms with Gasteiger partial charge in [0.05, 0.1) is 13.0 Å². The van der Waals surface area contributed by atoms with Gasteiger partial charge in [-0.3, -0.25) is 9.59 Å². The van der Waals surface area contributed by atoms with E-state index in [1.54, 1.807) is 4.68 Å². The molecular formula is C27H30N6O2. The van der Waals surface area contributed by atoms with Crippen LogP contribution >= 0.6 is 0 Å². The molecule has 0 saturated carbocycles. The largest absolute Gasteiger partial charge is 0.342 e. The number of rotatable bonds is 5. The molecule has 8 nitrogen and oxygen atoms in total. The maximum atomic E-state index is 13.1. The number of nitrogens with zero attached hydrogens (tertiary/aromatic N) is 5. The number of H-pyrrole nitrogens is 1. The van der Waals surface area contributed by atoms with Crippen molar-refractivity contribution in [3.8, 4) is 0 Å². The average molecular weight is 471 g/mol. The van der Waals surface area contributed by atoms with Gasteiger partial charge < -0.3 is 9.88 Å². The molecule has 2 aromatic heterocycles. The molecule has 1 atom stereocenters. The SMILES string of the molecule is Cc1ccc(C)c(Cn2nnc3c(=O)[nH]c(C4CCCN(C(=O)Cc5ccccc5C)C4)nc32)c1. The van der Waals surface area contributed by atoms with Crippen LogP contribution in [0.3, 0.4) is 0 Å². The summed E-state index contributed by atoms with van der Waals surface area (Å²) in [6, 6.07) is 14.3. The van der Waals surface area contributed by atoms with Gasteiger partial charge >= 0.3 is 0 Å². The van der Waals surface area contributed by atoms with Gasteiger partial charge in [-0.25, -0.2) is 9.67 Å². The Morgan fingerprint density at radius 2 is 1.89 bits per heavy atom. The first-order valence-corrected chi connectivity index (χ1v) is 12.1. The van der Waals surface area contributed by atoms with Crippen LogP contribution in [-0.4, -0.2) is 48.9 Å². The van der Waals surface area contributed by atoms with Crippen molar-refractivity contribution in [2.45, 2.75) is 52.5 Å². The fourth-order valence-electron chi connectivity index (χ4n) is 4.83. The van der Waals surface area contributed by atoms with E-state index >= 15 is 0 Å². The molecule has 8 heteroatoms. The predicted octanol–water partition coefficient (Wildman–Crippen LogP) is 3.44. The lowest BCUT2D eigenvalue weighted by Gasteiger charge is -2.32. The summed E-state index contributed by atoms with van der Waals surface area (Å²) in [6.07, 6.45) is 2.11. The zero-order valence-corrected chi connectivity index (χ0v) is 20.4. The molecule has 0 aliphatic carbocycles. The average Bonchev–Trinajstić information content (AvgIpc) is 3.26. The van der Waals surface area contributed by atoms with Gasteiger partial charge in [0.25, 0.3) is 5.56 Å². The smallest absolute Gasteiger partial charge is 0.281 e. The molecule has 2 aromatic carbocycles. The highest BCUT2D eigenvalue weighted by atomic mass is 16.2. The number of hydrogen-bond acceptors (Lipinski definition) is 5. The quantitative estimate of drug-likeness (QED) is 0.482. The molecule has 3 heterocycles. The van der Waals surface area contributed by atoms with E-state index in [2.05, 4.69) is 47.3 Å². The van der Waals surface area contributed by atoms with E-state index in [4.69, 9.17) is 4.98 Å². The second-order valence-electron chi connectivity index (χ2n) is 9.58. The second kappa shape index (κ2) is 9.44. The van der Waals surface area contributed by atoms with Crippen molar-refractivity contribution in [1.29, 1.82) is 0 Å². The Bertz CT molecular complexity index is 1450. The van der Waals surface area contributed by atoms with Crippen molar-refractivity contribution in [3.63, 3.8) is 0 Å². The normalized spacial score (nSPS) is 16.1. The molecule has 1 fully saturated rings. The highest BCUT2D eigenvalue weighted by molar-refractivity contribution is 5.79. The first kappa shape index (κ1) is 23.0. The van der Waals surface area contributed by atoms with Crippen LogP contribution in [0.5, 0.6) is 0 Å². The van der Waals surface area contributed by atoms with Gasteiger partial charge in [-0.05, 0) is 55.9 Å². The molecule has 1 amide bonds. The Kier molecular flexibility index (Phi) is 6.19. The molecule has 0 bridgehead atoms. The molecule has 1 N–H and O–H groups in total. The summed E-state index contributed by atoms with van der Waals surface area (Å²) in [5, 5.41) is 8.32. The molecule has 1 unspecified atom stereocenters. The summed E-state index contributed by atoms with van der Waals surface area (Å²) >= 11 is 0. The van der Waals surface area contributed by atoms with Gasteiger partial charge in [0.1, 0.15) is 5.82 Å². The molecule has 180 valence electrons. The summed E-state index contributed by atoms with van der Waals surface area (Å²) in [6.45, 7) is 7.90. The maximum Gasteiger partial charge on any atom is 0.281 e. The van der Waals surface area contributed by atoms with Gasteiger partial charge in [-0.15, -0.1) is 5.10 Å². The molecule has 5 rings (SSSR count). The Hall–Kier alpha value is -3.81. The van der Waals surface area contributed by atoms with Crippen LogP contribution in [-0.2, 0) is 17.8 Å². The fraction of sp³-hybridized carbons (Fsp3) is 0.370. The van der Waals surface area contributed by atoms with Crippen LogP contribution < -0.4 is 5.56 Å². The number of carbonyl (C=O) groups is 1. The Balaban J connectivity index is 1.39. The van der Waals surface area contributed by atoms with Crippen molar-refractivity contribution >= 4 is 17.1 Å². The molecule has 0 radical (unpaired) electrons. The third-order valence-electron chi connectivity index (χ3n) is 6.98. The van der Waals surface area contributed by atoms with Crippen LogP contribution in [0.4, 0.5) is 0 Å². The van der Waals surface area contributed by atoms with Gasteiger partial charge in [0, 0.05) is 19.0 Å². The van der Waals surface area contributed by atoms with Gasteiger partial charge in [-0.2, -0.15) is 0 Å². The molecular weight excluding hydrogens is 440 g/mol. The van der Waals surface area contributed by atoms with E-state index < -0.39 is 0 Å². The Morgan fingerprint density at radius 3 is 2.71 bits per heavy atom. The summed E-state index contributed by atoms with van der Waals surface area (Å²) in [4.78, 5) is 35.5. The Labute approximate surface area is 204 Å². The minimum absolute atomic E-state index is 0.0364. The first-order chi connectivity index (χ1) is 16.9. The first-order valence-electron chi connectivity index (χ1n) is 12.1. The van der Waals surface area contributed by atoms with Crippen LogP contribution in [0.2, 0.25) is 0 Å². The fourth-order valence-corrected chi connectivity index (χ4v) is 4.83. The number of benzene rings is 2. The monoisotopic (exact) mass is 470 g/mol. The minimum atomic E-state index is -0.291.